The maximum atomic E-state index is 5.45. The van der Waals surface area contributed by atoms with Gasteiger partial charge in [-0.05, 0) is 31.2 Å². The Labute approximate surface area is 167 Å². The molecule has 5 nitrogen and oxygen atoms in total. The van der Waals surface area contributed by atoms with Gasteiger partial charge in [-0.2, -0.15) is 0 Å². The topological polar surface area (TPSA) is 54.9 Å². The van der Waals surface area contributed by atoms with Crippen molar-refractivity contribution in [3.05, 3.63) is 22.4 Å². The van der Waals surface area contributed by atoms with Crippen molar-refractivity contribution in [3.63, 3.8) is 0 Å². The number of aliphatic imine (C=N–C) groups is 1. The number of nitrogens with zero attached hydrogens (tertiary/aromatic N) is 1. The molecule has 2 N–H and O–H groups in total. The number of unbranched alkanes of at least 4 members (excludes halogenated alkanes) is 1. The standard InChI is InChI=1S/C17H31N3O2S.HI/c1-4-18-17(19-9-5-6-10-22-12-11-21-3)20-14-15(2)16-8-7-13-23-16;/h7-8,13,15H,4-6,9-12,14H2,1-3H3,(H2,18,19,20);1H. The van der Waals surface area contributed by atoms with Crippen LogP contribution in [0.5, 0.6) is 0 Å². The third-order valence-electron chi connectivity index (χ3n) is 3.34. The van der Waals surface area contributed by atoms with Crippen molar-refractivity contribution >= 4 is 41.3 Å². The lowest BCUT2D eigenvalue weighted by Gasteiger charge is -2.13. The maximum Gasteiger partial charge on any atom is 0.191 e. The molecular weight excluding hydrogens is 437 g/mol. The van der Waals surface area contributed by atoms with E-state index < -0.39 is 0 Å². The van der Waals surface area contributed by atoms with Crippen LogP contribution >= 0.6 is 35.3 Å². The molecule has 0 aromatic carbocycles. The zero-order chi connectivity index (χ0) is 16.8. The molecule has 0 spiro atoms. The van der Waals surface area contributed by atoms with Crippen LogP contribution in [0.25, 0.3) is 0 Å². The highest BCUT2D eigenvalue weighted by atomic mass is 127. The van der Waals surface area contributed by atoms with Crippen molar-refractivity contribution in [1.82, 2.24) is 10.6 Å². The van der Waals surface area contributed by atoms with Gasteiger partial charge in [-0.15, -0.1) is 35.3 Å². The van der Waals surface area contributed by atoms with Crippen LogP contribution in [-0.2, 0) is 9.47 Å². The van der Waals surface area contributed by atoms with Crippen molar-refractivity contribution in [3.8, 4) is 0 Å². The van der Waals surface area contributed by atoms with Gasteiger partial charge in [0.15, 0.2) is 5.96 Å². The molecule has 0 radical (unpaired) electrons. The van der Waals surface area contributed by atoms with Gasteiger partial charge >= 0.3 is 0 Å². The van der Waals surface area contributed by atoms with Crippen LogP contribution in [0, 0.1) is 0 Å². The average Bonchev–Trinajstić information content (AvgIpc) is 3.09. The van der Waals surface area contributed by atoms with E-state index in [1.54, 1.807) is 18.4 Å². The minimum atomic E-state index is 0. The van der Waals surface area contributed by atoms with Gasteiger partial charge in [0, 0.05) is 37.6 Å². The Hall–Kier alpha value is -0.380. The lowest BCUT2D eigenvalue weighted by atomic mass is 10.1. The fourth-order valence-electron chi connectivity index (χ4n) is 2.01. The zero-order valence-corrected chi connectivity index (χ0v) is 18.2. The van der Waals surface area contributed by atoms with Gasteiger partial charge < -0.3 is 20.1 Å². The summed E-state index contributed by atoms with van der Waals surface area (Å²) in [6, 6.07) is 4.27. The Balaban J connectivity index is 0.00000529. The highest BCUT2D eigenvalue weighted by molar-refractivity contribution is 14.0. The summed E-state index contributed by atoms with van der Waals surface area (Å²) in [7, 11) is 1.69. The third kappa shape index (κ3) is 11.2. The molecule has 1 heterocycles. The lowest BCUT2D eigenvalue weighted by Crippen LogP contribution is -2.38. The maximum absolute atomic E-state index is 5.45. The molecule has 0 saturated carbocycles. The van der Waals surface area contributed by atoms with Gasteiger partial charge in [-0.1, -0.05) is 13.0 Å². The number of nitrogens with one attached hydrogen (secondary N) is 2. The van der Waals surface area contributed by atoms with Crippen molar-refractivity contribution in [2.75, 3.05) is 46.6 Å². The van der Waals surface area contributed by atoms with Gasteiger partial charge in [0.05, 0.1) is 19.8 Å². The summed E-state index contributed by atoms with van der Waals surface area (Å²) < 4.78 is 10.4. The molecule has 1 aromatic heterocycles. The molecule has 0 bridgehead atoms. The van der Waals surface area contributed by atoms with Crippen LogP contribution in [0.3, 0.4) is 0 Å². The largest absolute Gasteiger partial charge is 0.382 e. The molecule has 0 aliphatic rings. The average molecular weight is 469 g/mol. The Bertz CT molecular complexity index is 416. The van der Waals surface area contributed by atoms with Crippen LogP contribution in [-0.4, -0.2) is 52.5 Å². The lowest BCUT2D eigenvalue weighted by molar-refractivity contribution is 0.0689. The molecule has 1 aromatic rings. The number of hydrogen-bond acceptors (Lipinski definition) is 4. The first-order valence-electron chi connectivity index (χ1n) is 8.40. The van der Waals surface area contributed by atoms with Gasteiger partial charge in [-0.25, -0.2) is 0 Å². The molecule has 1 atom stereocenters. The predicted molar refractivity (Wildman–Crippen MR) is 114 cm³/mol. The van der Waals surface area contributed by atoms with E-state index >= 15 is 0 Å². The molecular formula is C17H32IN3O2S. The number of thiophene rings is 1. The summed E-state index contributed by atoms with van der Waals surface area (Å²) >= 11 is 1.80. The Kier molecular flexibility index (Phi) is 15.9. The van der Waals surface area contributed by atoms with E-state index in [1.807, 2.05) is 0 Å². The number of ether oxygens (including phenoxy) is 2. The molecule has 1 unspecified atom stereocenters. The van der Waals surface area contributed by atoms with E-state index in [0.29, 0.717) is 19.1 Å². The fraction of sp³-hybridized carbons (Fsp3) is 0.706. The van der Waals surface area contributed by atoms with Gasteiger partial charge in [-0.3, -0.25) is 4.99 Å². The molecule has 0 amide bonds. The summed E-state index contributed by atoms with van der Waals surface area (Å²) in [5.41, 5.74) is 0. The first-order valence-corrected chi connectivity index (χ1v) is 9.28. The monoisotopic (exact) mass is 469 g/mol. The molecule has 0 fully saturated rings. The van der Waals surface area contributed by atoms with Gasteiger partial charge in [0.25, 0.3) is 0 Å². The molecule has 1 rings (SSSR count). The van der Waals surface area contributed by atoms with Crippen LogP contribution in [0.1, 0.15) is 37.5 Å². The van der Waals surface area contributed by atoms with E-state index in [9.17, 15) is 0 Å². The Morgan fingerprint density at radius 2 is 2.08 bits per heavy atom. The molecule has 0 aliphatic heterocycles. The summed E-state index contributed by atoms with van der Waals surface area (Å²) in [6.07, 6.45) is 2.11. The quantitative estimate of drug-likeness (QED) is 0.213. The van der Waals surface area contributed by atoms with E-state index in [4.69, 9.17) is 9.47 Å². The number of guanidine groups is 1. The van der Waals surface area contributed by atoms with Gasteiger partial charge in [0.2, 0.25) is 0 Å². The van der Waals surface area contributed by atoms with Crippen molar-refractivity contribution < 1.29 is 9.47 Å². The van der Waals surface area contributed by atoms with E-state index in [1.165, 1.54) is 4.88 Å². The van der Waals surface area contributed by atoms with E-state index in [-0.39, 0.29) is 24.0 Å². The number of hydrogen-bond donors (Lipinski definition) is 2. The Morgan fingerprint density at radius 3 is 2.75 bits per heavy atom. The van der Waals surface area contributed by atoms with Crippen molar-refractivity contribution in [2.45, 2.75) is 32.6 Å². The second-order valence-corrected chi connectivity index (χ2v) is 6.35. The van der Waals surface area contributed by atoms with Crippen LogP contribution in [0.2, 0.25) is 0 Å². The van der Waals surface area contributed by atoms with Crippen LogP contribution in [0.4, 0.5) is 0 Å². The van der Waals surface area contributed by atoms with Gasteiger partial charge in [0.1, 0.15) is 0 Å². The SMILES string of the molecule is CCNC(=NCC(C)c1cccs1)NCCCCOCCOC.I. The third-order valence-corrected chi connectivity index (χ3v) is 4.44. The number of rotatable bonds is 12. The highest BCUT2D eigenvalue weighted by Crippen LogP contribution is 2.20. The second kappa shape index (κ2) is 16.1. The summed E-state index contributed by atoms with van der Waals surface area (Å²) in [4.78, 5) is 6.07. The molecule has 7 heteroatoms. The second-order valence-electron chi connectivity index (χ2n) is 5.38. The van der Waals surface area contributed by atoms with Crippen LogP contribution in [0.15, 0.2) is 22.5 Å². The number of methoxy groups -OCH3 is 1. The first kappa shape index (κ1) is 23.6. The highest BCUT2D eigenvalue weighted by Gasteiger charge is 2.06. The first-order chi connectivity index (χ1) is 11.3. The fourth-order valence-corrected chi connectivity index (χ4v) is 2.79. The predicted octanol–water partition coefficient (Wildman–Crippen LogP) is 3.47. The molecule has 0 saturated heterocycles. The smallest absolute Gasteiger partial charge is 0.191 e. The molecule has 0 aliphatic carbocycles. The van der Waals surface area contributed by atoms with E-state index in [0.717, 1.165) is 45.0 Å². The number of halogens is 1. The Morgan fingerprint density at radius 1 is 1.25 bits per heavy atom. The minimum absolute atomic E-state index is 0. The summed E-state index contributed by atoms with van der Waals surface area (Å²) in [6.45, 7) is 9.02. The summed E-state index contributed by atoms with van der Waals surface area (Å²) in [5, 5.41) is 8.80. The van der Waals surface area contributed by atoms with Crippen molar-refractivity contribution in [2.24, 2.45) is 4.99 Å². The molecule has 140 valence electrons. The normalized spacial score (nSPS) is 12.5. The molecule has 24 heavy (non-hydrogen) atoms. The summed E-state index contributed by atoms with van der Waals surface area (Å²) in [5.74, 6) is 1.36. The van der Waals surface area contributed by atoms with E-state index in [2.05, 4.69) is 47.0 Å². The minimum Gasteiger partial charge on any atom is -0.382 e. The zero-order valence-electron chi connectivity index (χ0n) is 15.0. The van der Waals surface area contributed by atoms with Crippen molar-refractivity contribution in [1.29, 1.82) is 0 Å². The van der Waals surface area contributed by atoms with Crippen LogP contribution < -0.4 is 10.6 Å².